The smallest absolute Gasteiger partial charge is 0.246 e. The van der Waals surface area contributed by atoms with E-state index in [0.29, 0.717) is 36.8 Å². The van der Waals surface area contributed by atoms with E-state index in [1.807, 2.05) is 67.8 Å². The highest BCUT2D eigenvalue weighted by molar-refractivity contribution is 8.00. The number of benzene rings is 3. The number of unbranched alkanes of at least 4 members (excludes halogenated alkanes) is 2. The van der Waals surface area contributed by atoms with E-state index in [-0.39, 0.29) is 101 Å². The topological polar surface area (TPSA) is 627 Å². The first-order valence-electron chi connectivity index (χ1n) is 43.3. The molecule has 42 heteroatoms. The lowest BCUT2D eigenvalue weighted by atomic mass is 10.00. The number of carbonyl (C=O) groups excluding carboxylic acids is 17. The minimum Gasteiger partial charge on any atom is -0.508 e. The number of H-pyrrole nitrogens is 1. The van der Waals surface area contributed by atoms with Crippen molar-refractivity contribution < 1.29 is 91.7 Å². The number of phenolic OH excluding ortho intramolecular Hbond substituents is 1. The number of fused-ring (bicyclic) bond motifs is 2. The molecule has 24 N–H and O–H groups in total. The van der Waals surface area contributed by atoms with Crippen LogP contribution in [-0.4, -0.2) is 303 Å². The molecular formula is C87H127N21O19S2. The van der Waals surface area contributed by atoms with Crippen LogP contribution >= 0.6 is 23.1 Å². The van der Waals surface area contributed by atoms with E-state index in [9.17, 15) is 82.1 Å². The molecule has 0 radical (unpaired) electrons. The summed E-state index contributed by atoms with van der Waals surface area (Å²) >= 11 is 2.19. The molecular weight excluding hydrogens is 1710 g/mol. The predicted molar refractivity (Wildman–Crippen MR) is 483 cm³/mol. The number of nitrogens with one attached hydrogen (secondary N) is 10. The number of aliphatic hydroxyl groups is 1. The molecule has 40 nitrogen and oxygen atoms in total. The number of β-amino-alcohol motifs (C(OH)–C–C–N with tert-alkyl or cyclic N) is 1. The molecule has 7 rings (SSSR count). The lowest BCUT2D eigenvalue weighted by molar-refractivity contribution is -0.149. The summed E-state index contributed by atoms with van der Waals surface area (Å²) in [6, 6.07) is 1.58. The number of aromatic nitrogens is 1. The third-order valence-corrected chi connectivity index (χ3v) is 24.9. The molecule has 2 aliphatic rings. The van der Waals surface area contributed by atoms with Gasteiger partial charge in [-0.1, -0.05) is 102 Å². The first-order valence-corrected chi connectivity index (χ1v) is 45.4. The average molecular weight is 1840 g/mol. The molecule has 5 aromatic rings. The number of hydrogen-bond donors (Lipinski definition) is 18. The van der Waals surface area contributed by atoms with Crippen molar-refractivity contribution in [2.75, 3.05) is 71.9 Å². The van der Waals surface area contributed by atoms with E-state index in [0.717, 1.165) is 48.1 Å². The number of nitrogens with zero attached hydrogens (tertiary/aromatic N) is 5. The van der Waals surface area contributed by atoms with Gasteiger partial charge in [0, 0.05) is 94.1 Å². The van der Waals surface area contributed by atoms with Gasteiger partial charge in [0.15, 0.2) is 5.78 Å². The van der Waals surface area contributed by atoms with Crippen LogP contribution in [0, 0.1) is 5.92 Å². The van der Waals surface area contributed by atoms with E-state index in [1.165, 1.54) is 85.3 Å². The molecule has 0 bridgehead atoms. The number of likely N-dealkylation sites (tertiary alicyclic amines) is 2. The summed E-state index contributed by atoms with van der Waals surface area (Å²) in [6.45, 7) is 7.89. The zero-order chi connectivity index (χ0) is 95.2. The van der Waals surface area contributed by atoms with Crippen molar-refractivity contribution in [2.45, 2.75) is 229 Å². The van der Waals surface area contributed by atoms with Gasteiger partial charge in [0.2, 0.25) is 94.5 Å². The highest BCUT2D eigenvalue weighted by atomic mass is 32.2. The number of nitrogens with two attached hydrogens (primary N) is 6. The first-order chi connectivity index (χ1) is 61.2. The number of Topliss-reactive ketones (excluding diaryl/α,β-unsaturated/α-hetero) is 1. The Bertz CT molecular complexity index is 4780. The Morgan fingerprint density at radius 1 is 0.574 bits per heavy atom. The highest BCUT2D eigenvalue weighted by Crippen LogP contribution is 2.30. The number of para-hydroxylation sites is 1. The highest BCUT2D eigenvalue weighted by Gasteiger charge is 2.45. The van der Waals surface area contributed by atoms with Gasteiger partial charge in [0.25, 0.3) is 0 Å². The van der Waals surface area contributed by atoms with Gasteiger partial charge in [-0.3, -0.25) is 81.5 Å². The molecule has 0 spiro atoms. The van der Waals surface area contributed by atoms with Gasteiger partial charge in [-0.15, -0.1) is 23.1 Å². The summed E-state index contributed by atoms with van der Waals surface area (Å²) in [5, 5.41) is 47.5. The zero-order valence-electron chi connectivity index (χ0n) is 74.4. The van der Waals surface area contributed by atoms with Crippen molar-refractivity contribution >= 4 is 144 Å². The van der Waals surface area contributed by atoms with E-state index in [2.05, 4.69) is 52.8 Å². The molecule has 129 heavy (non-hydrogen) atoms. The summed E-state index contributed by atoms with van der Waals surface area (Å²) in [7, 11) is 4.02. The maximum absolute atomic E-state index is 15.3. The standard InChI is InChI=1S/C87H127N21O19S2/c1-10-12-22-67(105(8)87(127)69(23-13-11-2)106(9)84(124)62(36-52-44-129-71-25-17-15-20-56(52)71)100-78(118)59(30-31-88)97-76(116)57(91)35-51-41-94-58-21-16-14-19-55(51)58)81(121)101-65(40-90)80(120)103-66(77(117)95-42-73(93)113)45-128-46-74(114)96-61(34-50-26-28-53(110)29-27-50)83(123)104(7)48(5)75(115)98-63(38-72(92)112)85(125)107-32-18-24-68(107)82(122)102-64(39-89)79(119)99-60(33-47(3)4)86(126)108-43-54(111)37-70(108)49(6)109/h14-17,19-21,25-29,41,44,47-48,54,57,59-70,94,110-111H,10-13,18,22-24,30-40,42-43,45-46,88-91H2,1-9H3,(H2,92,112)(H2,93,113)(H,95,117)(H,96,114)(H,97,116)(H,98,115)(H,99,119)(H,100,118)(H,101,121)(H,102,122)(H,103,120)/t48-,54+,57-,59-,60-,61-,62-,63-,64-,65-,66-,67-,68-,69-,70-/m0/s1. The van der Waals surface area contributed by atoms with Crippen LogP contribution in [-0.2, 0) is 101 Å². The van der Waals surface area contributed by atoms with Crippen molar-refractivity contribution in [2.24, 2.45) is 40.3 Å². The summed E-state index contributed by atoms with van der Waals surface area (Å²) in [6.07, 6.45) is 2.23. The Hall–Kier alpha value is -11.7. The van der Waals surface area contributed by atoms with Crippen molar-refractivity contribution in [1.82, 2.24) is 77.3 Å². The largest absolute Gasteiger partial charge is 0.508 e. The number of aromatic hydroxyl groups is 1. The second kappa shape index (κ2) is 50.3. The second-order valence-corrected chi connectivity index (χ2v) is 35.1. The van der Waals surface area contributed by atoms with E-state index in [4.69, 9.17) is 34.4 Å². The van der Waals surface area contributed by atoms with Crippen LogP contribution in [0.25, 0.3) is 21.0 Å². The molecule has 0 saturated carbocycles. The maximum atomic E-state index is 15.3. The molecule has 0 unspecified atom stereocenters. The van der Waals surface area contributed by atoms with Crippen molar-refractivity contribution in [3.05, 3.63) is 101 Å². The van der Waals surface area contributed by atoms with E-state index < -0.39 is 223 Å². The zero-order valence-corrected chi connectivity index (χ0v) is 76.1. The molecule has 3 aromatic carbocycles. The Labute approximate surface area is 757 Å². The number of aromatic amines is 1. The Morgan fingerprint density at radius 2 is 1.14 bits per heavy atom. The molecule has 2 saturated heterocycles. The number of hydrogen-bond acceptors (Lipinski definition) is 25. The van der Waals surface area contributed by atoms with E-state index >= 15 is 9.59 Å². The Kier molecular flexibility index (Phi) is 40.7. The molecule has 706 valence electrons. The van der Waals surface area contributed by atoms with Crippen LogP contribution < -0.4 is 82.3 Å². The normalized spacial score (nSPS) is 17.1. The number of primary amides is 2. The molecule has 15 atom stereocenters. The van der Waals surface area contributed by atoms with Crippen LogP contribution in [0.4, 0.5) is 0 Å². The summed E-state index contributed by atoms with van der Waals surface area (Å²) < 4.78 is 0.906. The van der Waals surface area contributed by atoms with E-state index in [1.54, 1.807) is 20.0 Å². The summed E-state index contributed by atoms with van der Waals surface area (Å²) in [5.41, 5.74) is 38.5. The number of amides is 16. The lowest BCUT2D eigenvalue weighted by Gasteiger charge is -2.36. The van der Waals surface area contributed by atoms with Crippen LogP contribution in [0.2, 0.25) is 0 Å². The van der Waals surface area contributed by atoms with Gasteiger partial charge in [-0.25, -0.2) is 0 Å². The monoisotopic (exact) mass is 1830 g/mol. The number of likely N-dealkylation sites (N-methyl/N-ethyl adjacent to an activating group) is 3. The fraction of sp³-hybridized carbons (Fsp3) is 0.552. The maximum Gasteiger partial charge on any atom is 0.246 e. The number of rotatable bonds is 51. The van der Waals surface area contributed by atoms with Gasteiger partial charge in [-0.2, -0.15) is 0 Å². The van der Waals surface area contributed by atoms with Gasteiger partial charge >= 0.3 is 0 Å². The molecule has 0 aliphatic carbocycles. The molecule has 2 aliphatic heterocycles. The third kappa shape index (κ3) is 29.7. The number of thioether (sulfide) groups is 1. The van der Waals surface area contributed by atoms with Crippen LogP contribution in [0.3, 0.4) is 0 Å². The minimum atomic E-state index is -1.72. The number of ketones is 1. The van der Waals surface area contributed by atoms with Gasteiger partial charge in [0.05, 0.1) is 36.9 Å². The Morgan fingerprint density at radius 3 is 1.77 bits per heavy atom. The number of thiophene rings is 1. The fourth-order valence-electron chi connectivity index (χ4n) is 15.5. The predicted octanol–water partition coefficient (Wildman–Crippen LogP) is -2.73. The summed E-state index contributed by atoms with van der Waals surface area (Å²) in [4.78, 5) is 248. The summed E-state index contributed by atoms with van der Waals surface area (Å²) in [5.74, 6) is -15.2. The molecule has 2 aromatic heterocycles. The SMILES string of the molecule is CCCC[C@@H](C(=O)N(C)[C@@H](CCCC)C(=O)N[C@@H](CN)C(=O)N[C@@H](CSCC(=O)N[C@@H](Cc1ccc(O)cc1)C(=O)N(C)[C@@H](C)C(=O)N[C@@H](CC(N)=O)C(=O)N1CCC[C@H]1C(=O)N[C@@H](CN)C(=O)N[C@@H](CC(C)C)C(=O)N1C[C@H](O)C[C@H]1C(C)=O)C(=O)NCC(N)=O)N(C)C(=O)[C@H](Cc1csc2ccccc12)NC(=O)[C@H](CCN)NC(=O)[C@@H](N)Cc1c[nH]c2ccccc12. The Balaban J connectivity index is 1.02. The van der Waals surface area contributed by atoms with Crippen molar-refractivity contribution in [3.8, 4) is 5.75 Å². The fourth-order valence-corrected chi connectivity index (χ4v) is 17.4. The first kappa shape index (κ1) is 104. The number of aliphatic hydroxyl groups excluding tert-OH is 1. The van der Waals surface area contributed by atoms with Crippen molar-refractivity contribution in [3.63, 3.8) is 0 Å². The van der Waals surface area contributed by atoms with Gasteiger partial charge in [-0.05, 0) is 123 Å². The number of phenols is 1. The van der Waals surface area contributed by atoms with Crippen LogP contribution in [0.15, 0.2) is 84.4 Å². The third-order valence-electron chi connectivity index (χ3n) is 22.9. The van der Waals surface area contributed by atoms with Crippen molar-refractivity contribution in [1.29, 1.82) is 0 Å². The van der Waals surface area contributed by atoms with Gasteiger partial charge in [0.1, 0.15) is 78.3 Å². The van der Waals surface area contributed by atoms with Gasteiger partial charge < -0.3 is 122 Å². The van der Waals surface area contributed by atoms with Crippen LogP contribution in [0.1, 0.15) is 135 Å². The van der Waals surface area contributed by atoms with Crippen LogP contribution in [0.5, 0.6) is 5.75 Å². The molecule has 4 heterocycles. The molecule has 2 fully saturated rings. The lowest BCUT2D eigenvalue weighted by Crippen LogP contribution is -2.61. The average Bonchev–Trinajstić information content (AvgIpc) is 1.78. The second-order valence-electron chi connectivity index (χ2n) is 33.1. The quantitative estimate of drug-likeness (QED) is 0.0188. The number of carbonyl (C=O) groups is 17. The minimum absolute atomic E-state index is 0.0165. The molecule has 16 amide bonds.